The van der Waals surface area contributed by atoms with E-state index in [2.05, 4.69) is 45.9 Å². The molecular formula is C18H19N3. The monoisotopic (exact) mass is 277 g/mol. The molecule has 2 N–H and O–H groups in total. The van der Waals surface area contributed by atoms with E-state index in [4.69, 9.17) is 5.73 Å². The van der Waals surface area contributed by atoms with Crippen molar-refractivity contribution >= 4 is 0 Å². The average Bonchev–Trinajstić information content (AvgIpc) is 3.02. The fourth-order valence-electron chi connectivity index (χ4n) is 2.50. The van der Waals surface area contributed by atoms with Gasteiger partial charge in [-0.1, -0.05) is 60.7 Å². The van der Waals surface area contributed by atoms with Gasteiger partial charge in [-0.25, -0.2) is 4.98 Å². The molecule has 106 valence electrons. The van der Waals surface area contributed by atoms with Crippen molar-refractivity contribution in [3.63, 3.8) is 0 Å². The number of benzene rings is 2. The second-order valence-electron chi connectivity index (χ2n) is 5.14. The molecule has 1 atom stereocenters. The van der Waals surface area contributed by atoms with Gasteiger partial charge in [-0.3, -0.25) is 0 Å². The van der Waals surface area contributed by atoms with Gasteiger partial charge < -0.3 is 10.3 Å². The third-order valence-electron chi connectivity index (χ3n) is 3.71. The number of hydrogen-bond acceptors (Lipinski definition) is 2. The number of nitrogens with two attached hydrogens (primary N) is 1. The quantitative estimate of drug-likeness (QED) is 0.778. The summed E-state index contributed by atoms with van der Waals surface area (Å²) >= 11 is 0. The van der Waals surface area contributed by atoms with Crippen LogP contribution >= 0.6 is 0 Å². The molecule has 2 aromatic carbocycles. The number of aryl methyl sites for hydroxylation is 2. The van der Waals surface area contributed by atoms with Crippen molar-refractivity contribution in [2.45, 2.75) is 19.0 Å². The molecule has 0 aliphatic rings. The first kappa shape index (κ1) is 13.6. The van der Waals surface area contributed by atoms with Gasteiger partial charge in [-0.05, 0) is 17.5 Å². The molecule has 0 saturated heterocycles. The van der Waals surface area contributed by atoms with Crippen molar-refractivity contribution in [2.24, 2.45) is 5.73 Å². The smallest absolute Gasteiger partial charge is 0.0948 e. The lowest BCUT2D eigenvalue weighted by Crippen LogP contribution is -2.17. The molecule has 0 amide bonds. The zero-order valence-corrected chi connectivity index (χ0v) is 11.9. The second-order valence-corrected chi connectivity index (χ2v) is 5.14. The number of nitrogens with zero attached hydrogens (tertiary/aromatic N) is 2. The number of aromatic nitrogens is 2. The van der Waals surface area contributed by atoms with Crippen LogP contribution in [-0.4, -0.2) is 9.55 Å². The van der Waals surface area contributed by atoms with Crippen molar-refractivity contribution in [3.05, 3.63) is 90.0 Å². The highest BCUT2D eigenvalue weighted by atomic mass is 15.1. The molecule has 1 aromatic heterocycles. The Hall–Kier alpha value is -2.39. The Kier molecular flexibility index (Phi) is 4.12. The maximum Gasteiger partial charge on any atom is 0.0948 e. The Morgan fingerprint density at radius 1 is 0.952 bits per heavy atom. The Balaban J connectivity index is 1.75. The maximum absolute atomic E-state index is 6.37. The Labute approximate surface area is 125 Å². The van der Waals surface area contributed by atoms with E-state index in [1.54, 1.807) is 0 Å². The van der Waals surface area contributed by atoms with Gasteiger partial charge >= 0.3 is 0 Å². The first-order valence-corrected chi connectivity index (χ1v) is 7.19. The summed E-state index contributed by atoms with van der Waals surface area (Å²) in [6.45, 7) is 0.889. The summed E-state index contributed by atoms with van der Waals surface area (Å²) in [5, 5.41) is 0. The van der Waals surface area contributed by atoms with Gasteiger partial charge in [0.05, 0.1) is 24.3 Å². The van der Waals surface area contributed by atoms with Crippen LogP contribution in [0.1, 0.15) is 22.9 Å². The molecular weight excluding hydrogens is 258 g/mol. The van der Waals surface area contributed by atoms with Crippen LogP contribution in [0.25, 0.3) is 0 Å². The number of imidazole rings is 1. The number of hydrogen-bond donors (Lipinski definition) is 1. The van der Waals surface area contributed by atoms with Gasteiger partial charge in [0.15, 0.2) is 0 Å². The minimum Gasteiger partial charge on any atom is -0.333 e. The van der Waals surface area contributed by atoms with Crippen LogP contribution < -0.4 is 5.73 Å². The largest absolute Gasteiger partial charge is 0.333 e. The third-order valence-corrected chi connectivity index (χ3v) is 3.71. The standard InChI is InChI=1S/C18H19N3/c19-18(16-9-5-2-6-10-16)17-13-20-14-21(17)12-11-15-7-3-1-4-8-15/h1-10,13-14,18H,11-12,19H2. The summed E-state index contributed by atoms with van der Waals surface area (Å²) in [4.78, 5) is 4.26. The van der Waals surface area contributed by atoms with Crippen LogP contribution in [0.2, 0.25) is 0 Å². The lowest BCUT2D eigenvalue weighted by Gasteiger charge is -2.15. The van der Waals surface area contributed by atoms with Gasteiger partial charge in [0.1, 0.15) is 0 Å². The van der Waals surface area contributed by atoms with Gasteiger partial charge in [-0.2, -0.15) is 0 Å². The molecule has 1 unspecified atom stereocenters. The van der Waals surface area contributed by atoms with Crippen LogP contribution in [0, 0.1) is 0 Å². The summed E-state index contributed by atoms with van der Waals surface area (Å²) < 4.78 is 2.14. The first-order valence-electron chi connectivity index (χ1n) is 7.19. The molecule has 0 saturated carbocycles. The van der Waals surface area contributed by atoms with Crippen LogP contribution in [0.15, 0.2) is 73.2 Å². The highest BCUT2D eigenvalue weighted by molar-refractivity contribution is 5.26. The average molecular weight is 277 g/mol. The lowest BCUT2D eigenvalue weighted by molar-refractivity contribution is 0.636. The van der Waals surface area contributed by atoms with Crippen LogP contribution in [-0.2, 0) is 13.0 Å². The summed E-state index contributed by atoms with van der Waals surface area (Å²) in [7, 11) is 0. The second kappa shape index (κ2) is 6.37. The van der Waals surface area contributed by atoms with E-state index in [-0.39, 0.29) is 6.04 Å². The Bertz CT molecular complexity index is 674. The molecule has 0 spiro atoms. The molecule has 0 aliphatic carbocycles. The van der Waals surface area contributed by atoms with Crippen molar-refractivity contribution in [3.8, 4) is 0 Å². The van der Waals surface area contributed by atoms with E-state index in [0.29, 0.717) is 0 Å². The van der Waals surface area contributed by atoms with Crippen LogP contribution in [0.4, 0.5) is 0 Å². The van der Waals surface area contributed by atoms with E-state index in [9.17, 15) is 0 Å². The van der Waals surface area contributed by atoms with Gasteiger partial charge in [0.2, 0.25) is 0 Å². The third kappa shape index (κ3) is 3.20. The number of rotatable bonds is 5. The highest BCUT2D eigenvalue weighted by Crippen LogP contribution is 2.19. The van der Waals surface area contributed by atoms with Crippen molar-refractivity contribution in [1.29, 1.82) is 0 Å². The lowest BCUT2D eigenvalue weighted by atomic mass is 10.1. The molecule has 1 heterocycles. The van der Waals surface area contributed by atoms with E-state index < -0.39 is 0 Å². The minimum atomic E-state index is -0.135. The fourth-order valence-corrected chi connectivity index (χ4v) is 2.50. The topological polar surface area (TPSA) is 43.8 Å². The summed E-state index contributed by atoms with van der Waals surface area (Å²) in [5.74, 6) is 0. The summed E-state index contributed by atoms with van der Waals surface area (Å²) in [5.41, 5.74) is 9.86. The Morgan fingerprint density at radius 3 is 2.33 bits per heavy atom. The molecule has 3 heteroatoms. The molecule has 3 nitrogen and oxygen atoms in total. The zero-order chi connectivity index (χ0) is 14.5. The molecule has 3 rings (SSSR count). The molecule has 0 aliphatic heterocycles. The van der Waals surface area contributed by atoms with Crippen LogP contribution in [0.5, 0.6) is 0 Å². The summed E-state index contributed by atoms with van der Waals surface area (Å²) in [6, 6.07) is 20.5. The first-order chi connectivity index (χ1) is 10.3. The molecule has 0 bridgehead atoms. The van der Waals surface area contributed by atoms with E-state index in [0.717, 1.165) is 24.2 Å². The van der Waals surface area contributed by atoms with E-state index in [1.807, 2.05) is 36.8 Å². The Morgan fingerprint density at radius 2 is 1.62 bits per heavy atom. The van der Waals surface area contributed by atoms with E-state index in [1.165, 1.54) is 5.56 Å². The van der Waals surface area contributed by atoms with Gasteiger partial charge in [0.25, 0.3) is 0 Å². The van der Waals surface area contributed by atoms with E-state index >= 15 is 0 Å². The van der Waals surface area contributed by atoms with Crippen molar-refractivity contribution in [2.75, 3.05) is 0 Å². The minimum absolute atomic E-state index is 0.135. The summed E-state index contributed by atoms with van der Waals surface area (Å²) in [6.07, 6.45) is 4.70. The molecule has 3 aromatic rings. The van der Waals surface area contributed by atoms with Gasteiger partial charge in [0, 0.05) is 6.54 Å². The highest BCUT2D eigenvalue weighted by Gasteiger charge is 2.13. The maximum atomic E-state index is 6.37. The molecule has 21 heavy (non-hydrogen) atoms. The van der Waals surface area contributed by atoms with Crippen LogP contribution in [0.3, 0.4) is 0 Å². The fraction of sp³-hybridized carbons (Fsp3) is 0.167. The van der Waals surface area contributed by atoms with Crippen molar-refractivity contribution < 1.29 is 0 Å². The molecule has 0 radical (unpaired) electrons. The van der Waals surface area contributed by atoms with Gasteiger partial charge in [-0.15, -0.1) is 0 Å². The predicted molar refractivity (Wildman–Crippen MR) is 84.8 cm³/mol. The normalized spacial score (nSPS) is 12.2. The van der Waals surface area contributed by atoms with Crippen molar-refractivity contribution in [1.82, 2.24) is 9.55 Å². The SMILES string of the molecule is NC(c1ccccc1)c1cncn1CCc1ccccc1. The molecule has 0 fully saturated rings. The zero-order valence-electron chi connectivity index (χ0n) is 11.9. The predicted octanol–water partition coefficient (Wildman–Crippen LogP) is 3.17.